The largest absolute Gasteiger partial charge is 0.344 e. The second kappa shape index (κ2) is 6.58. The number of imidazole rings is 1. The molecule has 120 valence electrons. The van der Waals surface area contributed by atoms with Gasteiger partial charge < -0.3 is 14.5 Å². The number of halogens is 1. The Morgan fingerprint density at radius 2 is 2.04 bits per heavy atom. The van der Waals surface area contributed by atoms with Crippen LogP contribution >= 0.6 is 15.9 Å². The Bertz CT molecular complexity index is 850. The molecule has 0 saturated heterocycles. The van der Waals surface area contributed by atoms with Crippen molar-refractivity contribution in [1.82, 2.24) is 19.4 Å². The molecular weight excluding hydrogens is 356 g/mol. The number of para-hydroxylation sites is 2. The number of rotatable bonds is 5. The first-order valence-electron chi connectivity index (χ1n) is 7.72. The average molecular weight is 375 g/mol. The molecule has 1 amide bonds. The molecule has 23 heavy (non-hydrogen) atoms. The Balaban J connectivity index is 1.81. The topological polar surface area (TPSA) is 51.9 Å². The summed E-state index contributed by atoms with van der Waals surface area (Å²) >= 11 is 3.42. The highest BCUT2D eigenvalue weighted by molar-refractivity contribution is 9.10. The van der Waals surface area contributed by atoms with Crippen LogP contribution in [0.4, 0.5) is 0 Å². The molecule has 0 bridgehead atoms. The zero-order valence-electron chi connectivity index (χ0n) is 13.2. The minimum Gasteiger partial charge on any atom is -0.344 e. The lowest BCUT2D eigenvalue weighted by molar-refractivity contribution is 0.0940. The van der Waals surface area contributed by atoms with Crippen LogP contribution in [0.5, 0.6) is 0 Å². The smallest absolute Gasteiger partial charge is 0.268 e. The summed E-state index contributed by atoms with van der Waals surface area (Å²) in [6.45, 7) is 6.08. The van der Waals surface area contributed by atoms with E-state index in [4.69, 9.17) is 0 Å². The molecule has 3 aromatic rings. The van der Waals surface area contributed by atoms with E-state index in [1.54, 1.807) is 0 Å². The number of fused-ring (bicyclic) bond motifs is 1. The first-order chi connectivity index (χ1) is 11.1. The molecule has 0 radical (unpaired) electrons. The second-order valence-corrected chi connectivity index (χ2v) is 6.19. The van der Waals surface area contributed by atoms with Gasteiger partial charge in [0.1, 0.15) is 11.5 Å². The van der Waals surface area contributed by atoms with E-state index in [9.17, 15) is 4.79 Å². The molecule has 0 atom stereocenters. The lowest BCUT2D eigenvalue weighted by Crippen LogP contribution is -2.26. The summed E-state index contributed by atoms with van der Waals surface area (Å²) in [7, 11) is 0. The molecule has 0 unspecified atom stereocenters. The van der Waals surface area contributed by atoms with Crippen LogP contribution in [-0.4, -0.2) is 20.0 Å². The highest BCUT2D eigenvalue weighted by Gasteiger charge is 2.14. The molecule has 6 heteroatoms. The fraction of sp³-hybridized carbons (Fsp3) is 0.294. The van der Waals surface area contributed by atoms with Crippen LogP contribution < -0.4 is 5.32 Å². The maximum Gasteiger partial charge on any atom is 0.268 e. The minimum absolute atomic E-state index is 0.0905. The lowest BCUT2D eigenvalue weighted by atomic mass is 10.3. The van der Waals surface area contributed by atoms with Crippen LogP contribution in [-0.2, 0) is 19.6 Å². The van der Waals surface area contributed by atoms with Crippen molar-refractivity contribution in [2.75, 3.05) is 0 Å². The van der Waals surface area contributed by atoms with Crippen molar-refractivity contribution in [2.45, 2.75) is 33.5 Å². The third kappa shape index (κ3) is 3.03. The molecule has 1 aromatic carbocycles. The molecular formula is C17H19BrN4O. The number of benzene rings is 1. The zero-order valence-corrected chi connectivity index (χ0v) is 14.8. The van der Waals surface area contributed by atoms with Crippen LogP contribution in [0.3, 0.4) is 0 Å². The predicted octanol–water partition coefficient (Wildman–Crippen LogP) is 3.57. The van der Waals surface area contributed by atoms with Crippen molar-refractivity contribution in [3.8, 4) is 0 Å². The first-order valence-corrected chi connectivity index (χ1v) is 8.51. The number of nitrogens with one attached hydrogen (secondary N) is 1. The number of hydrogen-bond acceptors (Lipinski definition) is 2. The zero-order chi connectivity index (χ0) is 16.4. The van der Waals surface area contributed by atoms with Gasteiger partial charge >= 0.3 is 0 Å². The van der Waals surface area contributed by atoms with Crippen LogP contribution in [0, 0.1) is 0 Å². The number of amides is 1. The number of carbonyl (C=O) groups is 1. The van der Waals surface area contributed by atoms with E-state index in [-0.39, 0.29) is 5.91 Å². The van der Waals surface area contributed by atoms with Crippen LogP contribution in [0.2, 0.25) is 0 Å². The maximum absolute atomic E-state index is 12.4. The van der Waals surface area contributed by atoms with Gasteiger partial charge in [0.15, 0.2) is 0 Å². The fourth-order valence-electron chi connectivity index (χ4n) is 2.79. The van der Waals surface area contributed by atoms with Gasteiger partial charge in [0.05, 0.1) is 17.6 Å². The minimum atomic E-state index is -0.0905. The molecule has 0 aliphatic heterocycles. The summed E-state index contributed by atoms with van der Waals surface area (Å²) in [5, 5.41) is 2.98. The Kier molecular flexibility index (Phi) is 4.52. The lowest BCUT2D eigenvalue weighted by Gasteiger charge is -2.09. The van der Waals surface area contributed by atoms with E-state index in [0.29, 0.717) is 12.2 Å². The van der Waals surface area contributed by atoms with E-state index < -0.39 is 0 Å². The van der Waals surface area contributed by atoms with E-state index in [1.165, 1.54) is 0 Å². The summed E-state index contributed by atoms with van der Waals surface area (Å²) in [4.78, 5) is 17.1. The third-order valence-electron chi connectivity index (χ3n) is 3.89. The Morgan fingerprint density at radius 1 is 1.26 bits per heavy atom. The van der Waals surface area contributed by atoms with Gasteiger partial charge in [0.2, 0.25) is 0 Å². The van der Waals surface area contributed by atoms with Crippen molar-refractivity contribution in [2.24, 2.45) is 0 Å². The van der Waals surface area contributed by atoms with Gasteiger partial charge in [-0.1, -0.05) is 12.1 Å². The Hall–Kier alpha value is -2.08. The summed E-state index contributed by atoms with van der Waals surface area (Å²) in [5.41, 5.74) is 2.70. The van der Waals surface area contributed by atoms with Gasteiger partial charge in [-0.15, -0.1) is 0 Å². The number of aromatic nitrogens is 3. The monoisotopic (exact) mass is 374 g/mol. The predicted molar refractivity (Wildman–Crippen MR) is 94.4 cm³/mol. The molecule has 0 aliphatic rings. The van der Waals surface area contributed by atoms with Gasteiger partial charge in [0, 0.05) is 23.8 Å². The molecule has 3 rings (SSSR count). The van der Waals surface area contributed by atoms with E-state index in [0.717, 1.165) is 34.4 Å². The summed E-state index contributed by atoms with van der Waals surface area (Å²) in [5.74, 6) is 0.781. The van der Waals surface area contributed by atoms with Crippen LogP contribution in [0.25, 0.3) is 11.0 Å². The molecule has 2 heterocycles. The maximum atomic E-state index is 12.4. The Labute approximate surface area is 143 Å². The normalized spacial score (nSPS) is 11.1. The quantitative estimate of drug-likeness (QED) is 0.741. The van der Waals surface area contributed by atoms with Crippen molar-refractivity contribution < 1.29 is 4.79 Å². The van der Waals surface area contributed by atoms with Gasteiger partial charge in [-0.25, -0.2) is 4.98 Å². The molecule has 0 saturated carbocycles. The second-order valence-electron chi connectivity index (χ2n) is 5.27. The van der Waals surface area contributed by atoms with E-state index in [1.807, 2.05) is 42.0 Å². The highest BCUT2D eigenvalue weighted by Crippen LogP contribution is 2.17. The van der Waals surface area contributed by atoms with Gasteiger partial charge in [-0.3, -0.25) is 4.79 Å². The first kappa shape index (κ1) is 15.8. The van der Waals surface area contributed by atoms with Gasteiger partial charge in [-0.05, 0) is 48.0 Å². The van der Waals surface area contributed by atoms with Crippen LogP contribution in [0.15, 0.2) is 41.0 Å². The number of nitrogens with zero attached hydrogens (tertiary/aromatic N) is 3. The molecule has 2 aromatic heterocycles. The van der Waals surface area contributed by atoms with E-state index in [2.05, 4.69) is 43.8 Å². The van der Waals surface area contributed by atoms with E-state index >= 15 is 0 Å². The third-order valence-corrected chi connectivity index (χ3v) is 4.33. The summed E-state index contributed by atoms with van der Waals surface area (Å²) < 4.78 is 4.96. The number of hydrogen-bond donors (Lipinski definition) is 1. The molecule has 0 aliphatic carbocycles. The summed E-state index contributed by atoms with van der Waals surface area (Å²) in [6, 6.07) is 9.86. The average Bonchev–Trinajstić information content (AvgIpc) is 3.12. The van der Waals surface area contributed by atoms with Gasteiger partial charge in [0.25, 0.3) is 5.91 Å². The molecule has 1 N–H and O–H groups in total. The van der Waals surface area contributed by atoms with Crippen molar-refractivity contribution in [3.63, 3.8) is 0 Å². The molecule has 5 nitrogen and oxygen atoms in total. The number of aryl methyl sites for hydroxylation is 2. The number of carbonyl (C=O) groups excluding carboxylic acids is 1. The Morgan fingerprint density at radius 3 is 2.78 bits per heavy atom. The van der Waals surface area contributed by atoms with Crippen molar-refractivity contribution in [3.05, 3.63) is 52.5 Å². The SMILES string of the molecule is CCn1cc(Br)cc1C(=O)NCc1nc2ccccc2n1CC. The summed E-state index contributed by atoms with van der Waals surface area (Å²) in [6.07, 6.45) is 1.91. The van der Waals surface area contributed by atoms with Gasteiger partial charge in [-0.2, -0.15) is 0 Å². The van der Waals surface area contributed by atoms with Crippen LogP contribution in [0.1, 0.15) is 30.2 Å². The highest BCUT2D eigenvalue weighted by atomic mass is 79.9. The van der Waals surface area contributed by atoms with Crippen molar-refractivity contribution >= 4 is 32.9 Å². The molecule has 0 spiro atoms. The van der Waals surface area contributed by atoms with Crippen molar-refractivity contribution in [1.29, 1.82) is 0 Å². The molecule has 0 fully saturated rings. The standard InChI is InChI=1S/C17H19BrN4O/c1-3-21-11-12(18)9-15(21)17(23)19-10-16-20-13-7-5-6-8-14(13)22(16)4-2/h5-9,11H,3-4,10H2,1-2H3,(H,19,23). The fourth-order valence-corrected chi connectivity index (χ4v) is 3.25.